The van der Waals surface area contributed by atoms with Gasteiger partial charge in [0.25, 0.3) is 5.91 Å². The van der Waals surface area contributed by atoms with Crippen molar-refractivity contribution in [2.75, 3.05) is 56.8 Å². The lowest BCUT2D eigenvalue weighted by Gasteiger charge is -2.28. The Morgan fingerprint density at radius 3 is 2.58 bits per heavy atom. The zero-order valence-electron chi connectivity index (χ0n) is 17.2. The number of carbonyl (C=O) groups is 1. The number of nitrogens with zero attached hydrogens (tertiary/aromatic N) is 2. The van der Waals surface area contributed by atoms with Gasteiger partial charge in [0.05, 0.1) is 20.3 Å². The second kappa shape index (κ2) is 9.41. The van der Waals surface area contributed by atoms with Crippen LogP contribution in [0.2, 0.25) is 0 Å². The number of amides is 1. The van der Waals surface area contributed by atoms with Crippen LogP contribution in [0.1, 0.15) is 5.56 Å². The highest BCUT2D eigenvalue weighted by molar-refractivity contribution is 6.09. The lowest BCUT2D eigenvalue weighted by atomic mass is 10.1. The fraction of sp³-hybridized carbons (Fsp3) is 0.304. The summed E-state index contributed by atoms with van der Waals surface area (Å²) < 4.78 is 21.9. The van der Waals surface area contributed by atoms with Crippen molar-refractivity contribution in [1.29, 1.82) is 5.26 Å². The Bertz CT molecular complexity index is 1000. The highest BCUT2D eigenvalue weighted by Crippen LogP contribution is 2.40. The molecule has 2 aromatic carbocycles. The topological polar surface area (TPSA) is 93.1 Å². The molecule has 0 atom stereocenters. The van der Waals surface area contributed by atoms with Crippen molar-refractivity contribution in [3.05, 3.63) is 47.5 Å². The number of morpholine rings is 1. The highest BCUT2D eigenvalue weighted by Gasteiger charge is 2.19. The number of nitrogens with one attached hydrogen (secondary N) is 1. The van der Waals surface area contributed by atoms with Gasteiger partial charge in [-0.25, -0.2) is 0 Å². The summed E-state index contributed by atoms with van der Waals surface area (Å²) in [6.07, 6.45) is 1.50. The van der Waals surface area contributed by atoms with E-state index in [1.54, 1.807) is 12.1 Å². The van der Waals surface area contributed by atoms with E-state index in [0.29, 0.717) is 54.9 Å². The molecule has 0 saturated carbocycles. The molecule has 1 amide bonds. The fourth-order valence-corrected chi connectivity index (χ4v) is 3.47. The summed E-state index contributed by atoms with van der Waals surface area (Å²) in [5.41, 5.74) is 2.26. The van der Waals surface area contributed by atoms with E-state index in [9.17, 15) is 10.1 Å². The summed E-state index contributed by atoms with van der Waals surface area (Å²) in [6.45, 7) is 3.96. The van der Waals surface area contributed by atoms with Gasteiger partial charge in [-0.2, -0.15) is 5.26 Å². The molecule has 0 spiro atoms. The van der Waals surface area contributed by atoms with Gasteiger partial charge in [-0.1, -0.05) is 0 Å². The number of hydrogen-bond acceptors (Lipinski definition) is 7. The zero-order valence-corrected chi connectivity index (χ0v) is 17.2. The molecule has 0 aromatic heterocycles. The summed E-state index contributed by atoms with van der Waals surface area (Å²) in [5.74, 6) is 1.04. The van der Waals surface area contributed by atoms with Crippen molar-refractivity contribution in [1.82, 2.24) is 0 Å². The molecule has 1 N–H and O–H groups in total. The molecule has 1 saturated heterocycles. The first kappa shape index (κ1) is 20.6. The summed E-state index contributed by atoms with van der Waals surface area (Å²) in [7, 11) is 1.53. The number of hydrogen-bond donors (Lipinski definition) is 1. The predicted molar refractivity (Wildman–Crippen MR) is 116 cm³/mol. The molecular weight excluding hydrogens is 398 g/mol. The Hall–Kier alpha value is -3.70. The molecule has 0 aliphatic carbocycles. The van der Waals surface area contributed by atoms with Crippen LogP contribution >= 0.6 is 0 Å². The average Bonchev–Trinajstić information content (AvgIpc) is 2.83. The zero-order chi connectivity index (χ0) is 21.6. The van der Waals surface area contributed by atoms with Gasteiger partial charge < -0.3 is 29.2 Å². The van der Waals surface area contributed by atoms with Gasteiger partial charge >= 0.3 is 0 Å². The molecule has 0 unspecified atom stereocenters. The highest BCUT2D eigenvalue weighted by atomic mass is 16.6. The summed E-state index contributed by atoms with van der Waals surface area (Å²) >= 11 is 0. The second-order valence-corrected chi connectivity index (χ2v) is 7.02. The normalized spacial score (nSPS) is 15.7. The van der Waals surface area contributed by atoms with Gasteiger partial charge in [0, 0.05) is 24.5 Å². The smallest absolute Gasteiger partial charge is 0.266 e. The van der Waals surface area contributed by atoms with Gasteiger partial charge in [-0.05, 0) is 48.0 Å². The van der Waals surface area contributed by atoms with Gasteiger partial charge in [-0.15, -0.1) is 0 Å². The lowest BCUT2D eigenvalue weighted by Crippen LogP contribution is -2.36. The van der Waals surface area contributed by atoms with Crippen LogP contribution in [0.25, 0.3) is 6.08 Å². The number of fused-ring (bicyclic) bond motifs is 1. The molecule has 2 aromatic rings. The number of methoxy groups -OCH3 is 1. The van der Waals surface area contributed by atoms with E-state index < -0.39 is 5.91 Å². The Labute approximate surface area is 180 Å². The van der Waals surface area contributed by atoms with E-state index in [2.05, 4.69) is 10.2 Å². The van der Waals surface area contributed by atoms with Crippen LogP contribution in [0.4, 0.5) is 11.4 Å². The van der Waals surface area contributed by atoms with Crippen molar-refractivity contribution in [2.45, 2.75) is 0 Å². The van der Waals surface area contributed by atoms with Crippen LogP contribution in [0.3, 0.4) is 0 Å². The fourth-order valence-electron chi connectivity index (χ4n) is 3.47. The molecule has 0 bridgehead atoms. The minimum absolute atomic E-state index is 0.0315. The van der Waals surface area contributed by atoms with Crippen molar-refractivity contribution >= 4 is 23.4 Å². The summed E-state index contributed by atoms with van der Waals surface area (Å²) in [6, 6.07) is 12.9. The number of rotatable bonds is 5. The maximum absolute atomic E-state index is 12.7. The van der Waals surface area contributed by atoms with E-state index in [4.69, 9.17) is 18.9 Å². The maximum Gasteiger partial charge on any atom is 0.266 e. The first-order valence-electron chi connectivity index (χ1n) is 10.0. The SMILES string of the molecule is COc1cc(/C=C(\C#N)C(=O)Nc2ccc(N3CCOCC3)cc2)cc2c1OCCO2. The number of anilines is 2. The van der Waals surface area contributed by atoms with Gasteiger partial charge in [-0.3, -0.25) is 4.79 Å². The molecule has 4 rings (SSSR count). The molecular formula is C23H23N3O5. The van der Waals surface area contributed by atoms with Crippen molar-refractivity contribution < 1.29 is 23.7 Å². The number of nitriles is 1. The third-order valence-corrected chi connectivity index (χ3v) is 5.03. The molecule has 2 aliphatic heterocycles. The Kier molecular flexibility index (Phi) is 6.24. The predicted octanol–water partition coefficient (Wildman–Crippen LogP) is 2.85. The monoisotopic (exact) mass is 421 g/mol. The van der Waals surface area contributed by atoms with Gasteiger partial charge in [0.15, 0.2) is 11.5 Å². The Balaban J connectivity index is 1.49. The molecule has 2 aliphatic rings. The van der Waals surface area contributed by atoms with E-state index in [1.807, 2.05) is 30.3 Å². The Morgan fingerprint density at radius 2 is 1.87 bits per heavy atom. The van der Waals surface area contributed by atoms with Crippen LogP contribution in [0, 0.1) is 11.3 Å². The number of ether oxygens (including phenoxy) is 4. The Morgan fingerprint density at radius 1 is 1.13 bits per heavy atom. The van der Waals surface area contributed by atoms with Crippen LogP contribution in [-0.2, 0) is 9.53 Å². The third-order valence-electron chi connectivity index (χ3n) is 5.03. The van der Waals surface area contributed by atoms with E-state index in [-0.39, 0.29) is 5.57 Å². The second-order valence-electron chi connectivity index (χ2n) is 7.02. The summed E-state index contributed by atoms with van der Waals surface area (Å²) in [4.78, 5) is 14.9. The van der Waals surface area contributed by atoms with Crippen LogP contribution < -0.4 is 24.4 Å². The minimum Gasteiger partial charge on any atom is -0.493 e. The molecule has 1 fully saturated rings. The van der Waals surface area contributed by atoms with Crippen molar-refractivity contribution in [3.63, 3.8) is 0 Å². The van der Waals surface area contributed by atoms with E-state index in [1.165, 1.54) is 13.2 Å². The molecule has 8 nitrogen and oxygen atoms in total. The van der Waals surface area contributed by atoms with Gasteiger partial charge in [0.1, 0.15) is 24.9 Å². The third kappa shape index (κ3) is 4.73. The van der Waals surface area contributed by atoms with Crippen LogP contribution in [0.5, 0.6) is 17.2 Å². The standard InChI is InChI=1S/C23H23N3O5/c1-28-20-13-16(14-21-22(20)31-11-10-30-21)12-17(15-24)23(27)25-18-2-4-19(5-3-18)26-6-8-29-9-7-26/h2-5,12-14H,6-11H2,1H3,(H,25,27)/b17-12+. The van der Waals surface area contributed by atoms with Crippen LogP contribution in [0.15, 0.2) is 42.0 Å². The maximum atomic E-state index is 12.7. The van der Waals surface area contributed by atoms with E-state index >= 15 is 0 Å². The van der Waals surface area contributed by atoms with Crippen molar-refractivity contribution in [3.8, 4) is 23.3 Å². The first-order valence-corrected chi connectivity index (χ1v) is 10.0. The number of carbonyl (C=O) groups excluding carboxylic acids is 1. The summed E-state index contributed by atoms with van der Waals surface area (Å²) in [5, 5.41) is 12.3. The van der Waals surface area contributed by atoms with Crippen LogP contribution in [-0.4, -0.2) is 52.5 Å². The minimum atomic E-state index is -0.490. The molecule has 0 radical (unpaired) electrons. The largest absolute Gasteiger partial charge is 0.493 e. The lowest BCUT2D eigenvalue weighted by molar-refractivity contribution is -0.112. The quantitative estimate of drug-likeness (QED) is 0.586. The average molecular weight is 421 g/mol. The van der Waals surface area contributed by atoms with Crippen molar-refractivity contribution in [2.24, 2.45) is 0 Å². The molecule has 31 heavy (non-hydrogen) atoms. The van der Waals surface area contributed by atoms with E-state index in [0.717, 1.165) is 18.8 Å². The molecule has 2 heterocycles. The first-order chi connectivity index (χ1) is 15.2. The molecule has 8 heteroatoms. The molecule has 160 valence electrons. The van der Waals surface area contributed by atoms with Gasteiger partial charge in [0.2, 0.25) is 5.75 Å². The number of benzene rings is 2.